The second-order valence-electron chi connectivity index (χ2n) is 5.49. The maximum Gasteiger partial charge on any atom is 0.335 e. The van der Waals surface area contributed by atoms with Gasteiger partial charge in [-0.25, -0.2) is 13.2 Å². The van der Waals surface area contributed by atoms with E-state index >= 15 is 0 Å². The van der Waals surface area contributed by atoms with Crippen LogP contribution >= 0.6 is 11.3 Å². The van der Waals surface area contributed by atoms with E-state index in [0.717, 1.165) is 21.8 Å². The molecule has 0 aliphatic heterocycles. The molecule has 0 bridgehead atoms. The Morgan fingerprint density at radius 1 is 1.07 bits per heavy atom. The molecule has 27 heavy (non-hydrogen) atoms. The highest BCUT2D eigenvalue weighted by molar-refractivity contribution is 7.94. The number of phenols is 1. The van der Waals surface area contributed by atoms with Crippen molar-refractivity contribution in [3.63, 3.8) is 0 Å². The monoisotopic (exact) mass is 405 g/mol. The molecule has 1 heterocycles. The lowest BCUT2D eigenvalue weighted by Crippen LogP contribution is -2.12. The van der Waals surface area contributed by atoms with E-state index in [1.54, 1.807) is 18.2 Å². The number of methoxy groups -OCH3 is 1. The molecule has 0 aliphatic rings. The summed E-state index contributed by atoms with van der Waals surface area (Å²) in [6, 6.07) is 13.5. The number of nitrogens with one attached hydrogen (secondary N) is 1. The van der Waals surface area contributed by atoms with Gasteiger partial charge in [0.05, 0.1) is 18.4 Å². The molecule has 0 aliphatic carbocycles. The summed E-state index contributed by atoms with van der Waals surface area (Å²) in [7, 11) is -2.56. The SMILES string of the molecule is COc1cc(C(=O)O)ccc1NS(=O)(=O)c1ccc(-c2ccc(O)cc2)s1. The minimum Gasteiger partial charge on any atom is -0.508 e. The fourth-order valence-electron chi connectivity index (χ4n) is 2.35. The van der Waals surface area contributed by atoms with Crippen molar-refractivity contribution in [1.29, 1.82) is 0 Å². The van der Waals surface area contributed by atoms with Crippen molar-refractivity contribution in [3.8, 4) is 21.9 Å². The minimum absolute atomic E-state index is 0.0134. The van der Waals surface area contributed by atoms with Crippen LogP contribution in [-0.2, 0) is 10.0 Å². The highest BCUT2D eigenvalue weighted by atomic mass is 32.2. The van der Waals surface area contributed by atoms with Crippen molar-refractivity contribution in [2.45, 2.75) is 4.21 Å². The second kappa shape index (κ2) is 7.29. The Morgan fingerprint density at radius 3 is 2.41 bits per heavy atom. The lowest BCUT2D eigenvalue weighted by molar-refractivity contribution is 0.0696. The van der Waals surface area contributed by atoms with Crippen LogP contribution in [0.3, 0.4) is 0 Å². The molecule has 3 N–H and O–H groups in total. The summed E-state index contributed by atoms with van der Waals surface area (Å²) in [5.41, 5.74) is 0.908. The summed E-state index contributed by atoms with van der Waals surface area (Å²) < 4.78 is 33.0. The number of sulfonamides is 1. The third-order valence-electron chi connectivity index (χ3n) is 3.69. The maximum atomic E-state index is 12.7. The number of hydrogen-bond acceptors (Lipinski definition) is 6. The lowest BCUT2D eigenvalue weighted by Gasteiger charge is -2.11. The van der Waals surface area contributed by atoms with Crippen LogP contribution < -0.4 is 9.46 Å². The molecule has 2 aromatic carbocycles. The highest BCUT2D eigenvalue weighted by Crippen LogP contribution is 2.34. The number of anilines is 1. The highest BCUT2D eigenvalue weighted by Gasteiger charge is 2.20. The first kappa shape index (κ1) is 18.7. The van der Waals surface area contributed by atoms with Crippen molar-refractivity contribution >= 4 is 33.0 Å². The molecule has 0 unspecified atom stereocenters. The zero-order chi connectivity index (χ0) is 19.6. The normalized spacial score (nSPS) is 11.1. The first-order valence-corrected chi connectivity index (χ1v) is 9.93. The van der Waals surface area contributed by atoms with Gasteiger partial charge in [-0.2, -0.15) is 0 Å². The standard InChI is InChI=1S/C18H15NO6S2/c1-25-15-10-12(18(21)22)4-7-14(15)19-27(23,24)17-9-8-16(26-17)11-2-5-13(20)6-3-11/h2-10,19-20H,1H3,(H,21,22). The number of hydrogen-bond donors (Lipinski definition) is 3. The number of ether oxygens (including phenoxy) is 1. The van der Waals surface area contributed by atoms with Crippen molar-refractivity contribution in [2.75, 3.05) is 11.8 Å². The molecular weight excluding hydrogens is 390 g/mol. The van der Waals surface area contributed by atoms with Gasteiger partial charge < -0.3 is 14.9 Å². The van der Waals surface area contributed by atoms with E-state index in [4.69, 9.17) is 9.84 Å². The average Bonchev–Trinajstić information content (AvgIpc) is 3.13. The van der Waals surface area contributed by atoms with E-state index in [1.165, 1.54) is 43.5 Å². The molecule has 0 atom stereocenters. The number of aromatic hydroxyl groups is 1. The van der Waals surface area contributed by atoms with Gasteiger partial charge in [-0.05, 0) is 60.2 Å². The van der Waals surface area contributed by atoms with Gasteiger partial charge in [-0.15, -0.1) is 11.3 Å². The zero-order valence-corrected chi connectivity index (χ0v) is 15.7. The Kier molecular flexibility index (Phi) is 5.06. The van der Waals surface area contributed by atoms with Gasteiger partial charge in [0.25, 0.3) is 10.0 Å². The average molecular weight is 405 g/mol. The van der Waals surface area contributed by atoms with Crippen LogP contribution in [0.15, 0.2) is 58.8 Å². The minimum atomic E-state index is -3.88. The van der Waals surface area contributed by atoms with Crippen molar-refractivity contribution in [1.82, 2.24) is 0 Å². The Morgan fingerprint density at radius 2 is 1.78 bits per heavy atom. The number of aromatic carboxylic acids is 1. The van der Waals surface area contributed by atoms with Gasteiger partial charge in [-0.3, -0.25) is 4.72 Å². The Bertz CT molecular complexity index is 1090. The lowest BCUT2D eigenvalue weighted by atomic mass is 10.2. The summed E-state index contributed by atoms with van der Waals surface area (Å²) in [5.74, 6) is -0.907. The van der Waals surface area contributed by atoms with Gasteiger partial charge in [-0.1, -0.05) is 0 Å². The predicted octanol–water partition coefficient (Wildman–Crippen LogP) is 3.63. The molecule has 3 aromatic rings. The first-order valence-electron chi connectivity index (χ1n) is 7.63. The van der Waals surface area contributed by atoms with E-state index in [1.807, 2.05) is 0 Å². The van der Waals surface area contributed by atoms with Crippen molar-refractivity contribution < 1.29 is 28.2 Å². The van der Waals surface area contributed by atoms with E-state index in [0.29, 0.717) is 0 Å². The van der Waals surface area contributed by atoms with E-state index < -0.39 is 16.0 Å². The molecular formula is C18H15NO6S2. The number of carboxylic acid groups (broad SMARTS) is 1. The molecule has 0 fully saturated rings. The van der Waals surface area contributed by atoms with E-state index in [-0.39, 0.29) is 27.0 Å². The Hall–Kier alpha value is -3.04. The topological polar surface area (TPSA) is 113 Å². The van der Waals surface area contributed by atoms with Gasteiger partial charge in [0, 0.05) is 4.88 Å². The molecule has 0 spiro atoms. The molecule has 140 valence electrons. The van der Waals surface area contributed by atoms with Gasteiger partial charge >= 0.3 is 5.97 Å². The smallest absolute Gasteiger partial charge is 0.335 e. The fraction of sp³-hybridized carbons (Fsp3) is 0.0556. The summed E-state index contributed by atoms with van der Waals surface area (Å²) in [6.45, 7) is 0. The molecule has 7 nitrogen and oxygen atoms in total. The van der Waals surface area contributed by atoms with Crippen LogP contribution in [0.4, 0.5) is 5.69 Å². The number of thiophene rings is 1. The Labute approximate surface area is 159 Å². The van der Waals surface area contributed by atoms with Gasteiger partial charge in [0.1, 0.15) is 15.7 Å². The summed E-state index contributed by atoms with van der Waals surface area (Å²) in [6.07, 6.45) is 0. The van der Waals surface area contributed by atoms with Crippen LogP contribution in [0, 0.1) is 0 Å². The third-order valence-corrected chi connectivity index (χ3v) is 6.68. The second-order valence-corrected chi connectivity index (χ2v) is 8.48. The number of benzene rings is 2. The number of carboxylic acids is 1. The summed E-state index contributed by atoms with van der Waals surface area (Å²) >= 11 is 1.07. The predicted molar refractivity (Wildman–Crippen MR) is 102 cm³/mol. The molecule has 9 heteroatoms. The van der Waals surface area contributed by atoms with Crippen LogP contribution in [0.2, 0.25) is 0 Å². The summed E-state index contributed by atoms with van der Waals surface area (Å²) in [4.78, 5) is 11.8. The first-order chi connectivity index (χ1) is 12.8. The van der Waals surface area contributed by atoms with Gasteiger partial charge in [0.2, 0.25) is 0 Å². The quantitative estimate of drug-likeness (QED) is 0.577. The maximum absolute atomic E-state index is 12.7. The summed E-state index contributed by atoms with van der Waals surface area (Å²) in [5, 5.41) is 18.4. The van der Waals surface area contributed by atoms with Crippen LogP contribution in [-0.4, -0.2) is 31.7 Å². The molecule has 0 radical (unpaired) electrons. The molecule has 1 aromatic heterocycles. The molecule has 3 rings (SSSR count). The van der Waals surface area contributed by atoms with E-state index in [9.17, 15) is 18.3 Å². The Balaban J connectivity index is 1.89. The van der Waals surface area contributed by atoms with Crippen LogP contribution in [0.1, 0.15) is 10.4 Å². The third kappa shape index (κ3) is 4.04. The zero-order valence-electron chi connectivity index (χ0n) is 14.0. The number of phenolic OH excluding ortho intramolecular Hbond substituents is 1. The molecule has 0 amide bonds. The van der Waals surface area contributed by atoms with Crippen molar-refractivity contribution in [2.24, 2.45) is 0 Å². The fourth-order valence-corrected chi connectivity index (χ4v) is 4.73. The van der Waals surface area contributed by atoms with Gasteiger partial charge in [0.15, 0.2) is 0 Å². The molecule has 0 saturated heterocycles. The van der Waals surface area contributed by atoms with Crippen LogP contribution in [0.5, 0.6) is 11.5 Å². The number of carbonyl (C=O) groups is 1. The van der Waals surface area contributed by atoms with Crippen LogP contribution in [0.25, 0.3) is 10.4 Å². The van der Waals surface area contributed by atoms with E-state index in [2.05, 4.69) is 4.72 Å². The largest absolute Gasteiger partial charge is 0.508 e. The van der Waals surface area contributed by atoms with Crippen molar-refractivity contribution in [3.05, 3.63) is 60.2 Å². The molecule has 0 saturated carbocycles. The number of rotatable bonds is 6.